The highest BCUT2D eigenvalue weighted by atomic mass is 16.5. The molecule has 9 heteroatoms. The minimum atomic E-state index is -0.896. The molecule has 1 saturated heterocycles. The standard InChI is InChI=1S/C27H36N4O5/c1-16(2)36-27(34)24(18(4)32)28-14-19-6-7-23-22(13-19)29-25(31(23)21-8-10-35-11-9-21)20-12-17(3)26(33)30(5)15-20/h6-7,12-13,15-16,18,21,24,28,32H,8-11,14H2,1-5H3/t18-,24+/m1/s1. The monoisotopic (exact) mass is 496 g/mol. The molecule has 0 amide bonds. The lowest BCUT2D eigenvalue weighted by Crippen LogP contribution is -2.46. The van der Waals surface area contributed by atoms with Crippen molar-refractivity contribution in [3.8, 4) is 11.4 Å². The van der Waals surface area contributed by atoms with Crippen molar-refractivity contribution in [1.82, 2.24) is 19.4 Å². The number of benzene rings is 1. The molecule has 0 unspecified atom stereocenters. The van der Waals surface area contributed by atoms with Gasteiger partial charge in [0.2, 0.25) is 0 Å². The number of nitrogens with zero attached hydrogens (tertiary/aromatic N) is 3. The molecule has 3 aromatic rings. The number of rotatable bonds is 8. The van der Waals surface area contributed by atoms with E-state index in [0.717, 1.165) is 40.8 Å². The molecule has 4 rings (SSSR count). The number of esters is 1. The van der Waals surface area contributed by atoms with Crippen molar-refractivity contribution in [2.45, 2.75) is 71.4 Å². The molecule has 36 heavy (non-hydrogen) atoms. The molecule has 1 aliphatic rings. The summed E-state index contributed by atoms with van der Waals surface area (Å²) in [5.41, 5.74) is 4.32. The van der Waals surface area contributed by atoms with E-state index < -0.39 is 18.1 Å². The summed E-state index contributed by atoms with van der Waals surface area (Å²) in [4.78, 5) is 29.7. The predicted molar refractivity (Wildman–Crippen MR) is 138 cm³/mol. The zero-order valence-electron chi connectivity index (χ0n) is 21.7. The number of fused-ring (bicyclic) bond motifs is 1. The van der Waals surface area contributed by atoms with E-state index >= 15 is 0 Å². The van der Waals surface area contributed by atoms with Crippen LogP contribution in [0.3, 0.4) is 0 Å². The van der Waals surface area contributed by atoms with Crippen LogP contribution in [0.5, 0.6) is 0 Å². The molecule has 2 atom stereocenters. The lowest BCUT2D eigenvalue weighted by Gasteiger charge is -2.26. The number of hydrogen-bond donors (Lipinski definition) is 2. The maximum absolute atomic E-state index is 12.4. The number of aromatic nitrogens is 3. The molecule has 1 aliphatic heterocycles. The Bertz CT molecular complexity index is 1260. The second-order valence-electron chi connectivity index (χ2n) is 9.88. The van der Waals surface area contributed by atoms with Crippen LogP contribution >= 0.6 is 0 Å². The highest BCUT2D eigenvalue weighted by molar-refractivity contribution is 5.82. The van der Waals surface area contributed by atoms with Crippen LogP contribution in [0.25, 0.3) is 22.4 Å². The van der Waals surface area contributed by atoms with Crippen LogP contribution in [0.2, 0.25) is 0 Å². The molecule has 2 aromatic heterocycles. The number of carbonyl (C=O) groups is 1. The molecule has 2 N–H and O–H groups in total. The van der Waals surface area contributed by atoms with E-state index in [0.29, 0.717) is 25.3 Å². The number of carbonyl (C=O) groups excluding carboxylic acids is 1. The first-order valence-electron chi connectivity index (χ1n) is 12.5. The Morgan fingerprint density at radius 3 is 2.61 bits per heavy atom. The molecule has 0 radical (unpaired) electrons. The second-order valence-corrected chi connectivity index (χ2v) is 9.88. The molecule has 0 bridgehead atoms. The van der Waals surface area contributed by atoms with Crippen molar-refractivity contribution in [3.05, 3.63) is 51.9 Å². The van der Waals surface area contributed by atoms with Gasteiger partial charge in [0.05, 0.1) is 23.2 Å². The number of aryl methyl sites for hydroxylation is 2. The first-order chi connectivity index (χ1) is 17.2. The average molecular weight is 497 g/mol. The summed E-state index contributed by atoms with van der Waals surface area (Å²) < 4.78 is 14.8. The quantitative estimate of drug-likeness (QED) is 0.462. The van der Waals surface area contributed by atoms with Gasteiger partial charge in [-0.1, -0.05) is 6.07 Å². The molecule has 9 nitrogen and oxygen atoms in total. The van der Waals surface area contributed by atoms with Crippen molar-refractivity contribution < 1.29 is 19.4 Å². The second kappa shape index (κ2) is 10.9. The lowest BCUT2D eigenvalue weighted by atomic mass is 10.1. The van der Waals surface area contributed by atoms with Crippen molar-refractivity contribution >= 4 is 17.0 Å². The van der Waals surface area contributed by atoms with Gasteiger partial charge in [0, 0.05) is 50.2 Å². The fourth-order valence-electron chi connectivity index (χ4n) is 4.76. The van der Waals surface area contributed by atoms with E-state index in [9.17, 15) is 14.7 Å². The Balaban J connectivity index is 1.70. The average Bonchev–Trinajstić information content (AvgIpc) is 3.21. The number of nitrogens with one attached hydrogen (secondary N) is 1. The van der Waals surface area contributed by atoms with Crippen LogP contribution < -0.4 is 10.9 Å². The van der Waals surface area contributed by atoms with Crippen LogP contribution in [0, 0.1) is 6.92 Å². The Morgan fingerprint density at radius 2 is 1.97 bits per heavy atom. The molecule has 0 saturated carbocycles. The predicted octanol–water partition coefficient (Wildman–Crippen LogP) is 2.85. The summed E-state index contributed by atoms with van der Waals surface area (Å²) in [7, 11) is 1.76. The van der Waals surface area contributed by atoms with Crippen LogP contribution in [0.4, 0.5) is 0 Å². The largest absolute Gasteiger partial charge is 0.462 e. The zero-order valence-corrected chi connectivity index (χ0v) is 21.7. The van der Waals surface area contributed by atoms with E-state index in [2.05, 4.69) is 16.0 Å². The Morgan fingerprint density at radius 1 is 1.25 bits per heavy atom. The van der Waals surface area contributed by atoms with Crippen molar-refractivity contribution in [1.29, 1.82) is 0 Å². The SMILES string of the molecule is Cc1cc(-c2nc3cc(CN[C@H](C(=O)OC(C)C)[C@@H](C)O)ccc3n2C2CCOCC2)cn(C)c1=O. The van der Waals surface area contributed by atoms with E-state index in [1.165, 1.54) is 0 Å². The number of hydrogen-bond acceptors (Lipinski definition) is 7. The Kier molecular flexibility index (Phi) is 7.92. The normalized spacial score (nSPS) is 16.4. The molecule has 3 heterocycles. The van der Waals surface area contributed by atoms with Crippen LogP contribution in [0.15, 0.2) is 35.3 Å². The summed E-state index contributed by atoms with van der Waals surface area (Å²) in [6, 6.07) is 7.38. The topological polar surface area (TPSA) is 108 Å². The first-order valence-corrected chi connectivity index (χ1v) is 12.5. The van der Waals surface area contributed by atoms with Crippen molar-refractivity contribution in [2.24, 2.45) is 7.05 Å². The molecule has 1 aromatic carbocycles. The van der Waals surface area contributed by atoms with Gasteiger partial charge in [0.1, 0.15) is 11.9 Å². The van der Waals surface area contributed by atoms with Crippen LogP contribution in [-0.4, -0.2) is 56.7 Å². The van der Waals surface area contributed by atoms with E-state index in [-0.39, 0.29) is 17.7 Å². The third kappa shape index (κ3) is 5.53. The van der Waals surface area contributed by atoms with Gasteiger partial charge in [-0.15, -0.1) is 0 Å². The molecule has 1 fully saturated rings. The first kappa shape index (κ1) is 26.1. The molecular weight excluding hydrogens is 460 g/mol. The lowest BCUT2D eigenvalue weighted by molar-refractivity contribution is -0.152. The third-order valence-corrected chi connectivity index (χ3v) is 6.54. The summed E-state index contributed by atoms with van der Waals surface area (Å²) in [5.74, 6) is 0.347. The highest BCUT2D eigenvalue weighted by Gasteiger charge is 2.26. The number of aliphatic hydroxyl groups is 1. The summed E-state index contributed by atoms with van der Waals surface area (Å²) in [6.07, 6.45) is 2.46. The fraction of sp³-hybridized carbons (Fsp3) is 0.519. The van der Waals surface area contributed by atoms with Gasteiger partial charge in [-0.3, -0.25) is 14.9 Å². The number of ether oxygens (including phenoxy) is 2. The molecule has 194 valence electrons. The molecular formula is C27H36N4O5. The summed E-state index contributed by atoms with van der Waals surface area (Å²) in [5, 5.41) is 13.2. The van der Waals surface area contributed by atoms with Crippen molar-refractivity contribution in [3.63, 3.8) is 0 Å². The highest BCUT2D eigenvalue weighted by Crippen LogP contribution is 2.33. The summed E-state index contributed by atoms with van der Waals surface area (Å²) >= 11 is 0. The maximum Gasteiger partial charge on any atom is 0.326 e. The van der Waals surface area contributed by atoms with Crippen molar-refractivity contribution in [2.75, 3.05) is 13.2 Å². The minimum absolute atomic E-state index is 0.0236. The van der Waals surface area contributed by atoms with Gasteiger partial charge in [-0.25, -0.2) is 4.98 Å². The smallest absolute Gasteiger partial charge is 0.326 e. The van der Waals surface area contributed by atoms with Gasteiger partial charge in [0.25, 0.3) is 5.56 Å². The Labute approximate surface area is 211 Å². The number of pyridine rings is 1. The zero-order chi connectivity index (χ0) is 26.0. The van der Waals surface area contributed by atoms with E-state index in [4.69, 9.17) is 14.5 Å². The van der Waals surface area contributed by atoms with E-state index in [1.807, 2.05) is 31.3 Å². The van der Waals surface area contributed by atoms with Crippen LogP contribution in [-0.2, 0) is 27.9 Å². The van der Waals surface area contributed by atoms with Gasteiger partial charge < -0.3 is 23.7 Å². The number of imidazole rings is 1. The molecule has 0 spiro atoms. The van der Waals surface area contributed by atoms with Gasteiger partial charge in [-0.2, -0.15) is 0 Å². The van der Waals surface area contributed by atoms with Crippen LogP contribution in [0.1, 0.15) is 50.8 Å². The Hall–Kier alpha value is -3.01. The minimum Gasteiger partial charge on any atom is -0.462 e. The third-order valence-electron chi connectivity index (χ3n) is 6.54. The maximum atomic E-state index is 12.4. The van der Waals surface area contributed by atoms with Gasteiger partial charge in [-0.05, 0) is 64.3 Å². The number of aliphatic hydroxyl groups excluding tert-OH is 1. The van der Waals surface area contributed by atoms with Gasteiger partial charge >= 0.3 is 5.97 Å². The summed E-state index contributed by atoms with van der Waals surface area (Å²) in [6.45, 7) is 8.72. The van der Waals surface area contributed by atoms with E-state index in [1.54, 1.807) is 32.4 Å². The fourth-order valence-corrected chi connectivity index (χ4v) is 4.76. The van der Waals surface area contributed by atoms with Gasteiger partial charge in [0.15, 0.2) is 0 Å². The molecule has 0 aliphatic carbocycles.